The van der Waals surface area contributed by atoms with Crippen molar-refractivity contribution in [2.45, 2.75) is 25.4 Å². The van der Waals surface area contributed by atoms with Crippen molar-refractivity contribution >= 4 is 28.8 Å². The summed E-state index contributed by atoms with van der Waals surface area (Å²) >= 11 is 0. The van der Waals surface area contributed by atoms with Crippen LogP contribution in [0.4, 0.5) is 16.3 Å². The van der Waals surface area contributed by atoms with Crippen LogP contribution in [0.15, 0.2) is 65.6 Å². The van der Waals surface area contributed by atoms with Gasteiger partial charge in [0.2, 0.25) is 11.9 Å². The Hall–Kier alpha value is -4.09. The maximum absolute atomic E-state index is 13.5. The van der Waals surface area contributed by atoms with Crippen molar-refractivity contribution in [2.75, 3.05) is 49.8 Å². The zero-order valence-electron chi connectivity index (χ0n) is 21.7. The number of hydrogen-bond donors (Lipinski definition) is 1. The molecule has 0 aliphatic carbocycles. The Kier molecular flexibility index (Phi) is 7.99. The number of piperidine rings is 1. The first kappa shape index (κ1) is 26.5. The number of aromatic nitrogens is 4. The minimum Gasteiger partial charge on any atom is -0.394 e. The molecule has 11 heteroatoms. The lowest BCUT2D eigenvalue weighted by Gasteiger charge is -2.38. The number of aliphatic hydroxyl groups is 1. The first-order valence-corrected chi connectivity index (χ1v) is 12.9. The van der Waals surface area contributed by atoms with E-state index in [1.165, 1.54) is 24.4 Å². The molecule has 0 amide bonds. The zero-order chi connectivity index (χ0) is 27.4. The van der Waals surface area contributed by atoms with Crippen LogP contribution in [0.25, 0.3) is 11.0 Å². The monoisotopic (exact) mass is 534 g/mol. The molecule has 0 unspecified atom stereocenters. The molecule has 0 saturated carbocycles. The Morgan fingerprint density at radius 1 is 1.13 bits per heavy atom. The van der Waals surface area contributed by atoms with Crippen LogP contribution in [-0.2, 0) is 11.3 Å². The number of aliphatic hydroxyl groups excluding tert-OH is 1. The van der Waals surface area contributed by atoms with Crippen molar-refractivity contribution in [3.05, 3.63) is 82.5 Å². The quantitative estimate of drug-likeness (QED) is 0.327. The van der Waals surface area contributed by atoms with Gasteiger partial charge in [-0.25, -0.2) is 18.9 Å². The number of rotatable bonds is 9. The van der Waals surface area contributed by atoms with Crippen LogP contribution in [0.1, 0.15) is 23.2 Å². The van der Waals surface area contributed by atoms with Crippen molar-refractivity contribution in [2.24, 2.45) is 0 Å². The number of hydrogen-bond acceptors (Lipinski definition) is 8. The number of imidazole rings is 1. The number of benzene rings is 2. The van der Waals surface area contributed by atoms with Gasteiger partial charge in [-0.15, -0.1) is 0 Å². The molecule has 0 bridgehead atoms. The highest BCUT2D eigenvalue weighted by atomic mass is 19.1. The summed E-state index contributed by atoms with van der Waals surface area (Å²) in [6, 6.07) is 15.8. The number of carbonyl (C=O) groups excluding carboxylic acids is 1. The zero-order valence-corrected chi connectivity index (χ0v) is 21.7. The Bertz CT molecular complexity index is 1490. The lowest BCUT2D eigenvalue weighted by Crippen LogP contribution is -2.46. The summed E-state index contributed by atoms with van der Waals surface area (Å²) in [7, 11) is 1.84. The highest BCUT2D eigenvalue weighted by molar-refractivity contribution is 5.82. The normalized spacial score (nSPS) is 14.2. The number of halogens is 1. The molecular formula is C28H31FN6O4. The maximum atomic E-state index is 13.5. The highest BCUT2D eigenvalue weighted by Gasteiger charge is 2.28. The second-order valence-corrected chi connectivity index (χ2v) is 9.53. The third-order valence-electron chi connectivity index (χ3n) is 7.04. The van der Waals surface area contributed by atoms with E-state index in [4.69, 9.17) is 14.8 Å². The van der Waals surface area contributed by atoms with Gasteiger partial charge in [-0.3, -0.25) is 9.59 Å². The molecule has 1 fully saturated rings. The molecule has 3 heterocycles. The molecule has 39 heavy (non-hydrogen) atoms. The van der Waals surface area contributed by atoms with Gasteiger partial charge in [-0.05, 0) is 42.7 Å². The minimum absolute atomic E-state index is 0.0102. The fourth-order valence-electron chi connectivity index (χ4n) is 5.02. The molecule has 0 radical (unpaired) electrons. The lowest BCUT2D eigenvalue weighted by molar-refractivity contribution is 0.0586. The fraction of sp³-hybridized carbons (Fsp3) is 0.357. The number of carbonyl (C=O) groups is 1. The summed E-state index contributed by atoms with van der Waals surface area (Å²) in [6.45, 7) is 1.47. The maximum Gasteiger partial charge on any atom is 0.262 e. The van der Waals surface area contributed by atoms with Gasteiger partial charge in [0.1, 0.15) is 12.4 Å². The van der Waals surface area contributed by atoms with Gasteiger partial charge < -0.3 is 24.2 Å². The number of ether oxygens (including phenoxy) is 1. The molecule has 1 N–H and O–H groups in total. The van der Waals surface area contributed by atoms with Crippen LogP contribution in [0.3, 0.4) is 0 Å². The molecular weight excluding hydrogens is 503 g/mol. The summed E-state index contributed by atoms with van der Waals surface area (Å²) < 4.78 is 21.8. The lowest BCUT2D eigenvalue weighted by atomic mass is 10.0. The minimum atomic E-state index is -0.532. The third kappa shape index (κ3) is 5.69. The average molecular weight is 535 g/mol. The van der Waals surface area contributed by atoms with E-state index in [0.29, 0.717) is 19.6 Å². The third-order valence-corrected chi connectivity index (χ3v) is 7.04. The SMILES string of the molecule is CN(c1nccc(=O)n1C(=O)COCCO)C1CCN(c2nc3ccccc3n2Cc2ccc(F)cc2)CC1. The molecule has 1 aliphatic heterocycles. The van der Waals surface area contributed by atoms with E-state index in [1.807, 2.05) is 36.2 Å². The standard InChI is InChI=1S/C28H31FN6O4/c1-32(27-30-13-10-25(37)35(27)26(38)19-39-17-16-36)22-11-14-33(15-12-22)28-31-23-4-2-3-5-24(23)34(28)18-20-6-8-21(29)9-7-20/h2-10,13,22,36H,11-12,14-19H2,1H3. The van der Waals surface area contributed by atoms with Crippen LogP contribution >= 0.6 is 0 Å². The molecule has 1 saturated heterocycles. The number of anilines is 2. The summed E-state index contributed by atoms with van der Waals surface area (Å²) in [4.78, 5) is 38.7. The van der Waals surface area contributed by atoms with Gasteiger partial charge in [-0.1, -0.05) is 24.3 Å². The molecule has 10 nitrogen and oxygen atoms in total. The predicted octanol–water partition coefficient (Wildman–Crippen LogP) is 2.53. The van der Waals surface area contributed by atoms with Crippen LogP contribution in [-0.4, -0.2) is 76.1 Å². The van der Waals surface area contributed by atoms with E-state index >= 15 is 0 Å². The predicted molar refractivity (Wildman–Crippen MR) is 146 cm³/mol. The summed E-state index contributed by atoms with van der Waals surface area (Å²) in [5.41, 5.74) is 2.41. The molecule has 5 rings (SSSR count). The topological polar surface area (TPSA) is 106 Å². The second kappa shape index (κ2) is 11.7. The van der Waals surface area contributed by atoms with Crippen LogP contribution in [0.5, 0.6) is 0 Å². The fourth-order valence-corrected chi connectivity index (χ4v) is 5.02. The molecule has 0 atom stereocenters. The Balaban J connectivity index is 1.34. The molecule has 2 aromatic heterocycles. The number of fused-ring (bicyclic) bond motifs is 1. The van der Waals surface area contributed by atoms with E-state index in [9.17, 15) is 14.0 Å². The Labute approximate surface area is 224 Å². The Morgan fingerprint density at radius 3 is 2.62 bits per heavy atom. The van der Waals surface area contributed by atoms with E-state index < -0.39 is 11.5 Å². The summed E-state index contributed by atoms with van der Waals surface area (Å²) in [5, 5.41) is 8.91. The Morgan fingerprint density at radius 2 is 1.87 bits per heavy atom. The molecule has 0 spiro atoms. The molecule has 2 aromatic carbocycles. The van der Waals surface area contributed by atoms with Crippen molar-refractivity contribution in [1.29, 1.82) is 0 Å². The van der Waals surface area contributed by atoms with Gasteiger partial charge >= 0.3 is 0 Å². The van der Waals surface area contributed by atoms with Gasteiger partial charge in [0.05, 0.1) is 30.8 Å². The number of para-hydroxylation sites is 2. The van der Waals surface area contributed by atoms with Crippen molar-refractivity contribution < 1.29 is 19.0 Å². The summed E-state index contributed by atoms with van der Waals surface area (Å²) in [6.07, 6.45) is 2.92. The average Bonchev–Trinajstić information content (AvgIpc) is 3.32. The summed E-state index contributed by atoms with van der Waals surface area (Å²) in [5.74, 6) is 0.323. The first-order valence-electron chi connectivity index (χ1n) is 12.9. The molecule has 1 aliphatic rings. The smallest absolute Gasteiger partial charge is 0.262 e. The highest BCUT2D eigenvalue weighted by Crippen LogP contribution is 2.28. The van der Waals surface area contributed by atoms with Gasteiger partial charge in [-0.2, -0.15) is 0 Å². The van der Waals surface area contributed by atoms with Crippen molar-refractivity contribution in [1.82, 2.24) is 19.1 Å². The van der Waals surface area contributed by atoms with E-state index in [2.05, 4.69) is 14.5 Å². The largest absolute Gasteiger partial charge is 0.394 e. The van der Waals surface area contributed by atoms with Crippen molar-refractivity contribution in [3.63, 3.8) is 0 Å². The molecule has 204 valence electrons. The van der Waals surface area contributed by atoms with Crippen LogP contribution < -0.4 is 15.4 Å². The molecule has 4 aromatic rings. The van der Waals surface area contributed by atoms with Crippen molar-refractivity contribution in [3.8, 4) is 0 Å². The van der Waals surface area contributed by atoms with Crippen LogP contribution in [0, 0.1) is 5.82 Å². The van der Waals surface area contributed by atoms with Gasteiger partial charge in [0, 0.05) is 38.4 Å². The van der Waals surface area contributed by atoms with Crippen LogP contribution in [0.2, 0.25) is 0 Å². The van der Waals surface area contributed by atoms with Gasteiger partial charge in [0.25, 0.3) is 11.5 Å². The second-order valence-electron chi connectivity index (χ2n) is 9.53. The van der Waals surface area contributed by atoms with E-state index in [1.54, 1.807) is 12.1 Å². The van der Waals surface area contributed by atoms with E-state index in [-0.39, 0.29) is 37.6 Å². The first-order chi connectivity index (χ1) is 19.0. The number of nitrogens with zero attached hydrogens (tertiary/aromatic N) is 6. The van der Waals surface area contributed by atoms with E-state index in [0.717, 1.165) is 40.0 Å². The van der Waals surface area contributed by atoms with Gasteiger partial charge in [0.15, 0.2) is 0 Å².